The number of benzene rings is 1. The van der Waals surface area contributed by atoms with E-state index in [1.807, 2.05) is 24.3 Å². The maximum absolute atomic E-state index is 12.2. The Balaban J connectivity index is 1.95. The first-order valence-corrected chi connectivity index (χ1v) is 6.37. The Hall–Kier alpha value is -2.46. The highest BCUT2D eigenvalue weighted by Gasteiger charge is 2.09. The van der Waals surface area contributed by atoms with Crippen LogP contribution in [-0.4, -0.2) is 15.9 Å². The number of hydrogen-bond acceptors (Lipinski definition) is 3. The molecule has 5 heteroatoms. The third-order valence-electron chi connectivity index (χ3n) is 2.92. The summed E-state index contributed by atoms with van der Waals surface area (Å²) >= 11 is 5.79. The molecule has 0 bridgehead atoms. The molecule has 0 spiro atoms. The van der Waals surface area contributed by atoms with Gasteiger partial charge in [-0.3, -0.25) is 9.78 Å². The molecule has 1 amide bonds. The zero-order valence-electron chi connectivity index (χ0n) is 10.4. The predicted octanol–water partition coefficient (Wildman–Crippen LogP) is 3.54. The zero-order valence-corrected chi connectivity index (χ0v) is 11.1. The lowest BCUT2D eigenvalue weighted by Crippen LogP contribution is -2.12. The van der Waals surface area contributed by atoms with Crippen molar-refractivity contribution in [3.05, 3.63) is 65.7 Å². The standard InChI is InChI=1S/C15H10ClN3O/c16-14-8-11(5-7-18-14)15(20)19-13-3-1-2-10-4-6-17-9-12(10)13/h1-9H,(H,19,20). The van der Waals surface area contributed by atoms with Crippen molar-refractivity contribution in [2.24, 2.45) is 0 Å². The molecule has 2 aromatic heterocycles. The van der Waals surface area contributed by atoms with Crippen LogP contribution in [0.1, 0.15) is 10.4 Å². The summed E-state index contributed by atoms with van der Waals surface area (Å²) in [5.74, 6) is -0.231. The molecule has 0 aliphatic carbocycles. The van der Waals surface area contributed by atoms with E-state index < -0.39 is 0 Å². The molecular formula is C15H10ClN3O. The van der Waals surface area contributed by atoms with E-state index in [0.29, 0.717) is 11.3 Å². The topological polar surface area (TPSA) is 54.9 Å². The molecule has 4 nitrogen and oxygen atoms in total. The Labute approximate surface area is 120 Å². The van der Waals surface area contributed by atoms with Crippen molar-refractivity contribution in [3.63, 3.8) is 0 Å². The van der Waals surface area contributed by atoms with Gasteiger partial charge in [0.15, 0.2) is 0 Å². The Morgan fingerprint density at radius 3 is 2.90 bits per heavy atom. The van der Waals surface area contributed by atoms with Gasteiger partial charge in [-0.25, -0.2) is 4.98 Å². The first-order chi connectivity index (χ1) is 9.74. The molecule has 2 heterocycles. The van der Waals surface area contributed by atoms with Gasteiger partial charge in [0.05, 0.1) is 5.69 Å². The second-order valence-electron chi connectivity index (χ2n) is 4.22. The second kappa shape index (κ2) is 5.27. The number of nitrogens with zero attached hydrogens (tertiary/aromatic N) is 2. The lowest BCUT2D eigenvalue weighted by atomic mass is 10.1. The lowest BCUT2D eigenvalue weighted by molar-refractivity contribution is 0.102. The van der Waals surface area contributed by atoms with Crippen molar-refractivity contribution >= 4 is 34.0 Å². The van der Waals surface area contributed by atoms with Crippen molar-refractivity contribution < 1.29 is 4.79 Å². The summed E-state index contributed by atoms with van der Waals surface area (Å²) in [6, 6.07) is 10.7. The third-order valence-corrected chi connectivity index (χ3v) is 3.13. The van der Waals surface area contributed by atoms with Gasteiger partial charge >= 0.3 is 0 Å². The molecule has 0 aliphatic rings. The molecule has 3 aromatic rings. The van der Waals surface area contributed by atoms with Crippen molar-refractivity contribution in [1.29, 1.82) is 0 Å². The van der Waals surface area contributed by atoms with Gasteiger partial charge in [0.25, 0.3) is 5.91 Å². The summed E-state index contributed by atoms with van der Waals surface area (Å²) in [5, 5.41) is 5.06. The highest BCUT2D eigenvalue weighted by Crippen LogP contribution is 2.22. The van der Waals surface area contributed by atoms with Gasteiger partial charge in [0.1, 0.15) is 5.15 Å². The average Bonchev–Trinajstić information content (AvgIpc) is 2.47. The highest BCUT2D eigenvalue weighted by molar-refractivity contribution is 6.29. The minimum absolute atomic E-state index is 0.231. The molecular weight excluding hydrogens is 274 g/mol. The quantitative estimate of drug-likeness (QED) is 0.732. The number of pyridine rings is 2. The average molecular weight is 284 g/mol. The second-order valence-corrected chi connectivity index (χ2v) is 4.61. The van der Waals surface area contributed by atoms with E-state index in [9.17, 15) is 4.79 Å². The molecule has 20 heavy (non-hydrogen) atoms. The van der Waals surface area contributed by atoms with Crippen LogP contribution in [0.5, 0.6) is 0 Å². The molecule has 1 aromatic carbocycles. The van der Waals surface area contributed by atoms with E-state index in [1.54, 1.807) is 18.5 Å². The number of hydrogen-bond donors (Lipinski definition) is 1. The number of rotatable bonds is 2. The van der Waals surface area contributed by atoms with Gasteiger partial charge < -0.3 is 5.32 Å². The van der Waals surface area contributed by atoms with E-state index in [1.165, 1.54) is 12.3 Å². The van der Waals surface area contributed by atoms with Crippen LogP contribution in [0.4, 0.5) is 5.69 Å². The molecule has 0 radical (unpaired) electrons. The summed E-state index contributed by atoms with van der Waals surface area (Å²) in [5.41, 5.74) is 1.18. The number of carbonyl (C=O) groups excluding carboxylic acids is 1. The molecule has 0 aliphatic heterocycles. The first kappa shape index (κ1) is 12.6. The van der Waals surface area contributed by atoms with Crippen molar-refractivity contribution in [2.45, 2.75) is 0 Å². The normalized spacial score (nSPS) is 10.4. The zero-order chi connectivity index (χ0) is 13.9. The van der Waals surface area contributed by atoms with Crippen LogP contribution in [0.15, 0.2) is 55.0 Å². The van der Waals surface area contributed by atoms with Gasteiger partial charge in [-0.15, -0.1) is 0 Å². The van der Waals surface area contributed by atoms with Crippen molar-refractivity contribution in [3.8, 4) is 0 Å². The lowest BCUT2D eigenvalue weighted by Gasteiger charge is -2.08. The summed E-state index contributed by atoms with van der Waals surface area (Å²) in [6.07, 6.45) is 4.95. The summed E-state index contributed by atoms with van der Waals surface area (Å²) < 4.78 is 0. The SMILES string of the molecule is O=C(Nc1cccc2ccncc12)c1ccnc(Cl)c1. The van der Waals surface area contributed by atoms with Crippen LogP contribution in [0.3, 0.4) is 0 Å². The number of aromatic nitrogens is 2. The van der Waals surface area contributed by atoms with Crippen molar-refractivity contribution in [2.75, 3.05) is 5.32 Å². The Kier molecular flexibility index (Phi) is 3.31. The number of halogens is 1. The van der Waals surface area contributed by atoms with Crippen LogP contribution in [-0.2, 0) is 0 Å². The van der Waals surface area contributed by atoms with Crippen LogP contribution in [0.2, 0.25) is 5.15 Å². The Morgan fingerprint density at radius 2 is 2.05 bits per heavy atom. The Bertz CT molecular complexity index is 783. The summed E-state index contributed by atoms with van der Waals surface area (Å²) in [7, 11) is 0. The van der Waals surface area contributed by atoms with Crippen LogP contribution >= 0.6 is 11.6 Å². The maximum atomic E-state index is 12.2. The smallest absolute Gasteiger partial charge is 0.255 e. The number of amides is 1. The van der Waals surface area contributed by atoms with Crippen molar-refractivity contribution in [1.82, 2.24) is 9.97 Å². The fourth-order valence-electron chi connectivity index (χ4n) is 1.96. The van der Waals surface area contributed by atoms with E-state index in [2.05, 4.69) is 15.3 Å². The van der Waals surface area contributed by atoms with Gasteiger partial charge in [-0.05, 0) is 29.7 Å². The molecule has 0 atom stereocenters. The predicted molar refractivity (Wildman–Crippen MR) is 78.9 cm³/mol. The van der Waals surface area contributed by atoms with E-state index >= 15 is 0 Å². The number of nitrogens with one attached hydrogen (secondary N) is 1. The molecule has 3 rings (SSSR count). The summed E-state index contributed by atoms with van der Waals surface area (Å²) in [4.78, 5) is 20.1. The fourth-order valence-corrected chi connectivity index (χ4v) is 2.13. The highest BCUT2D eigenvalue weighted by atomic mass is 35.5. The fraction of sp³-hybridized carbons (Fsp3) is 0. The number of fused-ring (bicyclic) bond motifs is 1. The van der Waals surface area contributed by atoms with E-state index in [4.69, 9.17) is 11.6 Å². The van der Waals surface area contributed by atoms with Crippen LogP contribution in [0, 0.1) is 0 Å². The number of carbonyl (C=O) groups is 1. The Morgan fingerprint density at radius 1 is 1.15 bits per heavy atom. The van der Waals surface area contributed by atoms with Gasteiger partial charge in [-0.1, -0.05) is 23.7 Å². The third kappa shape index (κ3) is 2.46. The van der Waals surface area contributed by atoms with Gasteiger partial charge in [0.2, 0.25) is 0 Å². The molecule has 0 unspecified atom stereocenters. The largest absolute Gasteiger partial charge is 0.321 e. The van der Waals surface area contributed by atoms with Crippen LogP contribution < -0.4 is 5.32 Å². The molecule has 98 valence electrons. The van der Waals surface area contributed by atoms with E-state index in [-0.39, 0.29) is 11.1 Å². The van der Waals surface area contributed by atoms with Gasteiger partial charge in [-0.2, -0.15) is 0 Å². The van der Waals surface area contributed by atoms with Gasteiger partial charge in [0, 0.05) is 29.5 Å². The molecule has 0 saturated carbocycles. The molecule has 0 saturated heterocycles. The minimum Gasteiger partial charge on any atom is -0.321 e. The maximum Gasteiger partial charge on any atom is 0.255 e. The molecule has 0 fully saturated rings. The van der Waals surface area contributed by atoms with E-state index in [0.717, 1.165) is 10.8 Å². The van der Waals surface area contributed by atoms with Crippen LogP contribution in [0.25, 0.3) is 10.8 Å². The monoisotopic (exact) mass is 283 g/mol. The molecule has 1 N–H and O–H groups in total. The first-order valence-electron chi connectivity index (χ1n) is 6.00. The summed E-state index contributed by atoms with van der Waals surface area (Å²) in [6.45, 7) is 0. The number of anilines is 1. The minimum atomic E-state index is -0.231.